The number of nitrogens with zero attached hydrogens (tertiary/aromatic N) is 1. The Morgan fingerprint density at radius 3 is 2.63 bits per heavy atom. The summed E-state index contributed by atoms with van der Waals surface area (Å²) in [6, 6.07) is -0.242. The smallest absolute Gasteiger partial charge is 0.319 e. The molecule has 150 valence electrons. The standard InChI is InChI=1S/C21H32N2O4/c1-20-7-5-12(27-19(25)11-22)9-16(20)17(23-26)10-13-14-3-4-18(24)21(14,2)8-6-15(13)20/h12-17H,3-11,22H2,1-2H3/t12-,13-,14-,15-,16?,17?,20+,21-/m0/s1. The van der Waals surface area contributed by atoms with Gasteiger partial charge in [0, 0.05) is 11.8 Å². The minimum absolute atomic E-state index is 0.0417. The number of hydrogen-bond acceptors (Lipinski definition) is 6. The molecular formula is C21H32N2O4. The van der Waals surface area contributed by atoms with Crippen LogP contribution in [0.2, 0.25) is 0 Å². The minimum Gasteiger partial charge on any atom is -0.461 e. The van der Waals surface area contributed by atoms with E-state index in [4.69, 9.17) is 10.5 Å². The number of hydrogen-bond donors (Lipinski definition) is 1. The highest BCUT2D eigenvalue weighted by Crippen LogP contribution is 2.65. The molecule has 0 radical (unpaired) electrons. The zero-order chi connectivity index (χ0) is 19.4. The third-order valence-corrected chi connectivity index (χ3v) is 8.94. The Bertz CT molecular complexity index is 652. The summed E-state index contributed by atoms with van der Waals surface area (Å²) < 4.78 is 5.51. The van der Waals surface area contributed by atoms with Gasteiger partial charge in [-0.05, 0) is 74.0 Å². The van der Waals surface area contributed by atoms with Gasteiger partial charge in [-0.1, -0.05) is 19.0 Å². The van der Waals surface area contributed by atoms with Gasteiger partial charge in [0.15, 0.2) is 0 Å². The largest absolute Gasteiger partial charge is 0.461 e. The second-order valence-electron chi connectivity index (χ2n) is 9.91. The third kappa shape index (κ3) is 2.78. The maximum Gasteiger partial charge on any atom is 0.319 e. The van der Waals surface area contributed by atoms with Gasteiger partial charge in [0.2, 0.25) is 0 Å². The van der Waals surface area contributed by atoms with E-state index in [-0.39, 0.29) is 41.4 Å². The maximum atomic E-state index is 12.5. The lowest BCUT2D eigenvalue weighted by Crippen LogP contribution is -2.58. The molecule has 4 rings (SSSR count). The van der Waals surface area contributed by atoms with Gasteiger partial charge in [0.1, 0.15) is 11.9 Å². The molecule has 0 aromatic heterocycles. The number of rotatable bonds is 3. The first kappa shape index (κ1) is 19.0. The lowest BCUT2D eigenvalue weighted by atomic mass is 9.44. The van der Waals surface area contributed by atoms with E-state index < -0.39 is 0 Å². The van der Waals surface area contributed by atoms with E-state index in [1.54, 1.807) is 0 Å². The lowest BCUT2D eigenvalue weighted by Gasteiger charge is -2.61. The molecule has 4 fully saturated rings. The molecule has 0 aliphatic heterocycles. The maximum absolute atomic E-state index is 12.5. The predicted octanol–water partition coefficient (Wildman–Crippen LogP) is 3.21. The molecule has 0 spiro atoms. The summed E-state index contributed by atoms with van der Waals surface area (Å²) >= 11 is 0. The second kappa shape index (κ2) is 6.64. The molecule has 27 heavy (non-hydrogen) atoms. The van der Waals surface area contributed by atoms with Crippen molar-refractivity contribution in [2.75, 3.05) is 6.54 Å². The van der Waals surface area contributed by atoms with Gasteiger partial charge in [-0.3, -0.25) is 9.59 Å². The van der Waals surface area contributed by atoms with Gasteiger partial charge in [-0.25, -0.2) is 0 Å². The van der Waals surface area contributed by atoms with E-state index in [2.05, 4.69) is 19.0 Å². The zero-order valence-corrected chi connectivity index (χ0v) is 16.5. The summed E-state index contributed by atoms with van der Waals surface area (Å²) in [6.45, 7) is 4.38. The fourth-order valence-corrected chi connectivity index (χ4v) is 7.49. The molecule has 0 heterocycles. The van der Waals surface area contributed by atoms with Crippen LogP contribution in [0.25, 0.3) is 0 Å². The number of carbonyl (C=O) groups excluding carboxylic acids is 2. The van der Waals surface area contributed by atoms with Gasteiger partial charge in [0.05, 0.1) is 12.6 Å². The van der Waals surface area contributed by atoms with Crippen LogP contribution in [0.15, 0.2) is 5.18 Å². The van der Waals surface area contributed by atoms with Crippen LogP contribution in [0.3, 0.4) is 0 Å². The average molecular weight is 376 g/mol. The van der Waals surface area contributed by atoms with E-state index in [9.17, 15) is 14.5 Å². The van der Waals surface area contributed by atoms with Crippen LogP contribution in [-0.2, 0) is 14.3 Å². The third-order valence-electron chi connectivity index (χ3n) is 8.94. The molecule has 0 amide bonds. The van der Waals surface area contributed by atoms with Crippen LogP contribution in [0.4, 0.5) is 0 Å². The molecule has 4 aliphatic rings. The monoisotopic (exact) mass is 376 g/mol. The molecule has 0 saturated heterocycles. The molecule has 0 aromatic rings. The van der Waals surface area contributed by atoms with Crippen LogP contribution in [0, 0.1) is 39.4 Å². The Balaban J connectivity index is 1.60. The lowest BCUT2D eigenvalue weighted by molar-refractivity contribution is -0.163. The topological polar surface area (TPSA) is 98.8 Å². The van der Waals surface area contributed by atoms with Gasteiger partial charge in [-0.15, -0.1) is 0 Å². The number of Topliss-reactive ketones (excluding diaryl/α,β-unsaturated/α-hetero) is 1. The quantitative estimate of drug-likeness (QED) is 0.602. The fourth-order valence-electron chi connectivity index (χ4n) is 7.49. The normalized spacial score (nSPS) is 48.9. The Labute approximate surface area is 160 Å². The van der Waals surface area contributed by atoms with Crippen molar-refractivity contribution >= 4 is 11.8 Å². The van der Waals surface area contributed by atoms with Crippen molar-refractivity contribution < 1.29 is 14.3 Å². The van der Waals surface area contributed by atoms with Crippen molar-refractivity contribution in [2.45, 2.75) is 77.4 Å². The highest BCUT2D eigenvalue weighted by Gasteiger charge is 2.62. The SMILES string of the molecule is C[C@]12CC[C@H](OC(=O)CN)CC1C(N=O)C[C@@H]1[C@@H]2CC[C@]2(C)C(=O)CC[C@@H]12. The summed E-state index contributed by atoms with van der Waals surface area (Å²) in [5.41, 5.74) is 5.24. The fraction of sp³-hybridized carbons (Fsp3) is 0.905. The van der Waals surface area contributed by atoms with Crippen LogP contribution in [0.1, 0.15) is 65.2 Å². The number of carbonyl (C=O) groups is 2. The van der Waals surface area contributed by atoms with Crippen LogP contribution in [-0.4, -0.2) is 30.4 Å². The number of ketones is 1. The predicted molar refractivity (Wildman–Crippen MR) is 101 cm³/mol. The molecule has 8 atom stereocenters. The van der Waals surface area contributed by atoms with Crippen molar-refractivity contribution in [2.24, 2.45) is 45.4 Å². The van der Waals surface area contributed by atoms with Crippen LogP contribution < -0.4 is 5.73 Å². The van der Waals surface area contributed by atoms with Crippen molar-refractivity contribution in [1.29, 1.82) is 0 Å². The van der Waals surface area contributed by atoms with Crippen molar-refractivity contribution in [1.82, 2.24) is 0 Å². The molecule has 2 unspecified atom stereocenters. The minimum atomic E-state index is -0.370. The number of esters is 1. The molecular weight excluding hydrogens is 344 g/mol. The first-order chi connectivity index (χ1) is 12.8. The van der Waals surface area contributed by atoms with Crippen molar-refractivity contribution in [3.05, 3.63) is 4.91 Å². The highest BCUT2D eigenvalue weighted by atomic mass is 16.5. The second-order valence-corrected chi connectivity index (χ2v) is 9.91. The van der Waals surface area contributed by atoms with E-state index >= 15 is 0 Å². The number of fused-ring (bicyclic) bond motifs is 5. The summed E-state index contributed by atoms with van der Waals surface area (Å²) in [5.74, 6) is 1.57. The zero-order valence-electron chi connectivity index (χ0n) is 16.5. The Morgan fingerprint density at radius 2 is 1.93 bits per heavy atom. The summed E-state index contributed by atoms with van der Waals surface area (Å²) in [4.78, 5) is 36.0. The Hall–Kier alpha value is -1.30. The van der Waals surface area contributed by atoms with Crippen LogP contribution in [0.5, 0.6) is 0 Å². The molecule has 6 nitrogen and oxygen atoms in total. The molecule has 6 heteroatoms. The number of nitrogens with two attached hydrogens (primary N) is 1. The van der Waals surface area contributed by atoms with Crippen LogP contribution >= 0.6 is 0 Å². The molecule has 4 aliphatic carbocycles. The summed E-state index contributed by atoms with van der Waals surface area (Å²) in [5, 5.41) is 3.56. The van der Waals surface area contributed by atoms with Crippen molar-refractivity contribution in [3.63, 3.8) is 0 Å². The molecule has 2 N–H and O–H groups in total. The highest BCUT2D eigenvalue weighted by molar-refractivity contribution is 5.87. The van der Waals surface area contributed by atoms with Crippen molar-refractivity contribution in [3.8, 4) is 0 Å². The first-order valence-corrected chi connectivity index (χ1v) is 10.6. The van der Waals surface area contributed by atoms with E-state index in [0.29, 0.717) is 36.4 Å². The molecule has 4 saturated carbocycles. The summed E-state index contributed by atoms with van der Waals surface area (Å²) in [7, 11) is 0. The van der Waals surface area contributed by atoms with Gasteiger partial charge in [-0.2, -0.15) is 4.91 Å². The van der Waals surface area contributed by atoms with E-state index in [0.717, 1.165) is 38.5 Å². The first-order valence-electron chi connectivity index (χ1n) is 10.6. The molecule has 0 aromatic carbocycles. The summed E-state index contributed by atoms with van der Waals surface area (Å²) in [6.07, 6.45) is 6.84. The van der Waals surface area contributed by atoms with Gasteiger partial charge >= 0.3 is 5.97 Å². The number of nitroso groups, excluding NO2 is 1. The molecule has 0 bridgehead atoms. The van der Waals surface area contributed by atoms with E-state index in [1.165, 1.54) is 0 Å². The Kier molecular flexibility index (Phi) is 4.68. The van der Waals surface area contributed by atoms with E-state index in [1.807, 2.05) is 0 Å². The van der Waals surface area contributed by atoms with Gasteiger partial charge in [0.25, 0.3) is 0 Å². The Morgan fingerprint density at radius 1 is 1.15 bits per heavy atom. The average Bonchev–Trinajstić information content (AvgIpc) is 2.96. The number of ether oxygens (including phenoxy) is 1. The van der Waals surface area contributed by atoms with Gasteiger partial charge < -0.3 is 10.5 Å².